The largest absolute Gasteiger partial charge is 0.484 e. The number of carbonyl (C=O) groups is 2. The second-order valence-electron chi connectivity index (χ2n) is 6.32. The summed E-state index contributed by atoms with van der Waals surface area (Å²) in [6.07, 6.45) is 1.50. The third-order valence-corrected chi connectivity index (χ3v) is 4.44. The molecule has 1 saturated carbocycles. The number of hydrogen-bond acceptors (Lipinski definition) is 4. The molecule has 0 heterocycles. The molecule has 0 spiro atoms. The Kier molecular flexibility index (Phi) is 6.45. The van der Waals surface area contributed by atoms with Gasteiger partial charge in [-0.3, -0.25) is 14.5 Å². The first-order valence-electron chi connectivity index (χ1n) is 7.99. The van der Waals surface area contributed by atoms with Crippen molar-refractivity contribution in [3.05, 3.63) is 29.3 Å². The zero-order valence-electron chi connectivity index (χ0n) is 14.2. The highest BCUT2D eigenvalue weighted by atomic mass is 35.5. The van der Waals surface area contributed by atoms with Gasteiger partial charge >= 0.3 is 0 Å². The maximum Gasteiger partial charge on any atom is 0.258 e. The molecule has 0 aliphatic heterocycles. The quantitative estimate of drug-likeness (QED) is 0.778. The summed E-state index contributed by atoms with van der Waals surface area (Å²) in [5.74, 6) is 0.452. The van der Waals surface area contributed by atoms with E-state index in [4.69, 9.17) is 16.3 Å². The number of likely N-dealkylation sites (N-methyl/N-ethyl adjacent to an activating group) is 1. The van der Waals surface area contributed by atoms with Gasteiger partial charge in [0.25, 0.3) is 5.91 Å². The number of nitrogens with one attached hydrogen (secondary N) is 2. The van der Waals surface area contributed by atoms with Crippen molar-refractivity contribution in [3.8, 4) is 5.75 Å². The van der Waals surface area contributed by atoms with Gasteiger partial charge in [0.05, 0.1) is 6.04 Å². The molecule has 2 rings (SSSR count). The molecule has 1 aliphatic carbocycles. The van der Waals surface area contributed by atoms with Crippen molar-refractivity contribution in [1.82, 2.24) is 15.5 Å². The van der Waals surface area contributed by atoms with Crippen LogP contribution in [0.5, 0.6) is 5.75 Å². The molecule has 2 N–H and O–H groups in total. The van der Waals surface area contributed by atoms with Crippen LogP contribution >= 0.6 is 11.6 Å². The van der Waals surface area contributed by atoms with Crippen LogP contribution in [0.2, 0.25) is 5.02 Å². The molecule has 0 aromatic heterocycles. The van der Waals surface area contributed by atoms with Crippen LogP contribution in [0.1, 0.15) is 19.8 Å². The van der Waals surface area contributed by atoms with Crippen LogP contribution in [0.15, 0.2) is 24.3 Å². The minimum Gasteiger partial charge on any atom is -0.484 e. The number of benzene rings is 1. The first-order chi connectivity index (χ1) is 11.3. The Morgan fingerprint density at radius 2 is 1.79 bits per heavy atom. The molecule has 132 valence electrons. The van der Waals surface area contributed by atoms with Crippen molar-refractivity contribution < 1.29 is 14.3 Å². The molecular formula is C17H24ClN3O3. The molecule has 0 unspecified atom stereocenters. The number of amides is 2. The summed E-state index contributed by atoms with van der Waals surface area (Å²) in [5.41, 5.74) is 0. The highest BCUT2D eigenvalue weighted by Crippen LogP contribution is 2.20. The Bertz CT molecular complexity index is 571. The number of carbonyl (C=O) groups excluding carboxylic acids is 2. The zero-order chi connectivity index (χ0) is 17.7. The van der Waals surface area contributed by atoms with E-state index in [-0.39, 0.29) is 36.5 Å². The lowest BCUT2D eigenvalue weighted by molar-refractivity contribution is -0.126. The van der Waals surface area contributed by atoms with E-state index < -0.39 is 0 Å². The molecule has 24 heavy (non-hydrogen) atoms. The lowest BCUT2D eigenvalue weighted by atomic mass is 9.86. The van der Waals surface area contributed by atoms with Gasteiger partial charge in [-0.1, -0.05) is 11.6 Å². The van der Waals surface area contributed by atoms with Gasteiger partial charge in [0.15, 0.2) is 6.61 Å². The number of hydrogen-bond donors (Lipinski definition) is 2. The highest BCUT2D eigenvalue weighted by molar-refractivity contribution is 6.30. The predicted octanol–water partition coefficient (Wildman–Crippen LogP) is 1.43. The Balaban J connectivity index is 1.63. The second kappa shape index (κ2) is 8.35. The minimum atomic E-state index is -0.165. The highest BCUT2D eigenvalue weighted by Gasteiger charge is 2.32. The third-order valence-electron chi connectivity index (χ3n) is 4.19. The van der Waals surface area contributed by atoms with Gasteiger partial charge < -0.3 is 15.4 Å². The summed E-state index contributed by atoms with van der Waals surface area (Å²) in [6.45, 7) is 1.83. The maximum absolute atomic E-state index is 11.9. The van der Waals surface area contributed by atoms with Gasteiger partial charge in [0.2, 0.25) is 5.91 Å². The Hall–Kier alpha value is -1.79. The van der Waals surface area contributed by atoms with Crippen LogP contribution in [-0.2, 0) is 9.59 Å². The third kappa shape index (κ3) is 5.39. The van der Waals surface area contributed by atoms with Gasteiger partial charge in [0, 0.05) is 17.1 Å². The molecule has 0 radical (unpaired) electrons. The Morgan fingerprint density at radius 3 is 2.38 bits per heavy atom. The van der Waals surface area contributed by atoms with E-state index in [1.165, 1.54) is 0 Å². The van der Waals surface area contributed by atoms with Crippen LogP contribution < -0.4 is 15.4 Å². The Morgan fingerprint density at radius 1 is 1.21 bits per heavy atom. The van der Waals surface area contributed by atoms with Crippen LogP contribution in [0, 0.1) is 0 Å². The summed E-state index contributed by atoms with van der Waals surface area (Å²) in [4.78, 5) is 25.6. The van der Waals surface area contributed by atoms with Crippen molar-refractivity contribution in [2.24, 2.45) is 0 Å². The summed E-state index contributed by atoms with van der Waals surface area (Å²) >= 11 is 5.79. The number of halogens is 1. The van der Waals surface area contributed by atoms with E-state index in [1.54, 1.807) is 24.3 Å². The van der Waals surface area contributed by atoms with Gasteiger partial charge in [0.1, 0.15) is 5.75 Å². The first-order valence-corrected chi connectivity index (χ1v) is 8.37. The average molecular weight is 354 g/mol. The lowest BCUT2D eigenvalue weighted by Gasteiger charge is -2.37. The van der Waals surface area contributed by atoms with Crippen LogP contribution in [0.4, 0.5) is 0 Å². The molecule has 1 fully saturated rings. The van der Waals surface area contributed by atoms with Crippen LogP contribution in [-0.4, -0.2) is 55.5 Å². The average Bonchev–Trinajstić information content (AvgIpc) is 2.51. The van der Waals surface area contributed by atoms with E-state index in [0.29, 0.717) is 10.8 Å². The predicted molar refractivity (Wildman–Crippen MR) is 93.2 cm³/mol. The molecule has 1 atom stereocenters. The fourth-order valence-electron chi connectivity index (χ4n) is 2.36. The number of ether oxygens (including phenoxy) is 1. The van der Waals surface area contributed by atoms with Gasteiger partial charge in [-0.15, -0.1) is 0 Å². The summed E-state index contributed by atoms with van der Waals surface area (Å²) in [5, 5.41) is 6.51. The van der Waals surface area contributed by atoms with Crippen molar-refractivity contribution >= 4 is 23.4 Å². The molecule has 1 aromatic carbocycles. The normalized spacial score (nSPS) is 20.9. The van der Waals surface area contributed by atoms with Crippen molar-refractivity contribution in [2.45, 2.75) is 37.9 Å². The van der Waals surface area contributed by atoms with Crippen LogP contribution in [0.25, 0.3) is 0 Å². The summed E-state index contributed by atoms with van der Waals surface area (Å²) in [7, 11) is 3.74. The molecular weight excluding hydrogens is 330 g/mol. The van der Waals surface area contributed by atoms with E-state index in [1.807, 2.05) is 25.9 Å². The molecule has 0 bridgehead atoms. The molecule has 1 aliphatic rings. The molecule has 2 amide bonds. The molecule has 6 nitrogen and oxygen atoms in total. The van der Waals surface area contributed by atoms with Gasteiger partial charge in [-0.25, -0.2) is 0 Å². The zero-order valence-corrected chi connectivity index (χ0v) is 15.0. The second-order valence-corrected chi connectivity index (χ2v) is 6.76. The maximum atomic E-state index is 11.9. The van der Waals surface area contributed by atoms with Gasteiger partial charge in [-0.2, -0.15) is 0 Å². The molecule has 1 aromatic rings. The number of nitrogens with zero attached hydrogens (tertiary/aromatic N) is 1. The van der Waals surface area contributed by atoms with Crippen molar-refractivity contribution in [1.29, 1.82) is 0 Å². The van der Waals surface area contributed by atoms with E-state index in [0.717, 1.165) is 12.8 Å². The van der Waals surface area contributed by atoms with E-state index in [2.05, 4.69) is 10.6 Å². The first kappa shape index (κ1) is 18.5. The summed E-state index contributed by atoms with van der Waals surface area (Å²) < 4.78 is 5.40. The van der Waals surface area contributed by atoms with Gasteiger partial charge in [-0.05, 0) is 58.1 Å². The van der Waals surface area contributed by atoms with E-state index in [9.17, 15) is 9.59 Å². The smallest absolute Gasteiger partial charge is 0.258 e. The SMILES string of the molecule is C[C@@H](C(=O)NC1CC(NC(=O)COc2ccc(Cl)cc2)C1)N(C)C. The monoisotopic (exact) mass is 353 g/mol. The molecule has 7 heteroatoms. The van der Waals surface area contributed by atoms with Crippen molar-refractivity contribution in [2.75, 3.05) is 20.7 Å². The van der Waals surface area contributed by atoms with Crippen LogP contribution in [0.3, 0.4) is 0 Å². The summed E-state index contributed by atoms with van der Waals surface area (Å²) in [6, 6.07) is 6.92. The fourth-order valence-corrected chi connectivity index (χ4v) is 2.48. The Labute approximate surface area is 147 Å². The van der Waals surface area contributed by atoms with Crippen molar-refractivity contribution in [3.63, 3.8) is 0 Å². The van der Waals surface area contributed by atoms with E-state index >= 15 is 0 Å². The lowest BCUT2D eigenvalue weighted by Crippen LogP contribution is -2.56. The fraction of sp³-hybridized carbons (Fsp3) is 0.529. The number of rotatable bonds is 7. The topological polar surface area (TPSA) is 70.7 Å². The minimum absolute atomic E-state index is 0.0147. The standard InChI is InChI=1S/C17H24ClN3O3/c1-11(21(2)3)17(23)20-14-8-13(9-14)19-16(22)10-24-15-6-4-12(18)5-7-15/h4-7,11,13-14H,8-10H2,1-3H3,(H,19,22)(H,20,23)/t11-,13?,14?/m0/s1. The molecule has 0 saturated heterocycles.